The van der Waals surface area contributed by atoms with Gasteiger partial charge < -0.3 is 9.47 Å². The SMILES string of the molecule is CN(C)CCn1c2ccsc2c2sc3ccccc3c21. The fourth-order valence-corrected chi connectivity index (χ4v) is 5.05. The predicted octanol–water partition coefficient (Wildman–Crippen LogP) is 4.63. The molecule has 0 spiro atoms. The van der Waals surface area contributed by atoms with Crippen molar-refractivity contribution < 1.29 is 0 Å². The summed E-state index contributed by atoms with van der Waals surface area (Å²) in [6, 6.07) is 11.0. The molecule has 2 nitrogen and oxygen atoms in total. The van der Waals surface area contributed by atoms with Gasteiger partial charge in [0.05, 0.1) is 20.4 Å². The molecular weight excluding hydrogens is 284 g/mol. The van der Waals surface area contributed by atoms with Crippen LogP contribution in [0.3, 0.4) is 0 Å². The second-order valence-corrected chi connectivity index (χ2v) is 7.33. The van der Waals surface area contributed by atoms with Crippen LogP contribution in [0.15, 0.2) is 35.7 Å². The van der Waals surface area contributed by atoms with Crippen LogP contribution >= 0.6 is 22.7 Å². The van der Waals surface area contributed by atoms with E-state index in [-0.39, 0.29) is 0 Å². The van der Waals surface area contributed by atoms with Crippen LogP contribution in [0.25, 0.3) is 30.5 Å². The molecule has 0 aliphatic carbocycles. The molecule has 0 saturated heterocycles. The first-order valence-corrected chi connectivity index (χ1v) is 8.47. The highest BCUT2D eigenvalue weighted by atomic mass is 32.1. The number of hydrogen-bond acceptors (Lipinski definition) is 3. The summed E-state index contributed by atoms with van der Waals surface area (Å²) in [5.41, 5.74) is 2.82. The minimum absolute atomic E-state index is 1.05. The Morgan fingerprint density at radius 3 is 2.80 bits per heavy atom. The fourth-order valence-electron chi connectivity index (χ4n) is 2.79. The van der Waals surface area contributed by atoms with Crippen LogP contribution in [-0.4, -0.2) is 30.1 Å². The summed E-state index contributed by atoms with van der Waals surface area (Å²) in [4.78, 5) is 2.25. The second-order valence-electron chi connectivity index (χ2n) is 5.37. The van der Waals surface area contributed by atoms with Crippen molar-refractivity contribution >= 4 is 53.2 Å². The summed E-state index contributed by atoms with van der Waals surface area (Å²) in [5.74, 6) is 0. The first-order valence-electron chi connectivity index (χ1n) is 6.77. The number of thiophene rings is 2. The van der Waals surface area contributed by atoms with Crippen molar-refractivity contribution in [2.24, 2.45) is 0 Å². The van der Waals surface area contributed by atoms with Crippen LogP contribution in [0.1, 0.15) is 0 Å². The molecule has 3 heterocycles. The molecule has 0 fully saturated rings. The van der Waals surface area contributed by atoms with Crippen molar-refractivity contribution in [1.29, 1.82) is 0 Å². The van der Waals surface area contributed by atoms with E-state index >= 15 is 0 Å². The van der Waals surface area contributed by atoms with Gasteiger partial charge in [-0.25, -0.2) is 0 Å². The molecule has 4 heteroatoms. The van der Waals surface area contributed by atoms with Crippen molar-refractivity contribution in [3.05, 3.63) is 35.7 Å². The minimum Gasteiger partial charge on any atom is -0.337 e. The average Bonchev–Trinajstić information content (AvgIpc) is 3.07. The van der Waals surface area contributed by atoms with Gasteiger partial charge in [-0.15, -0.1) is 22.7 Å². The smallest absolute Gasteiger partial charge is 0.0713 e. The van der Waals surface area contributed by atoms with Crippen molar-refractivity contribution in [3.8, 4) is 0 Å². The maximum absolute atomic E-state index is 2.50. The Hall–Kier alpha value is -1.36. The van der Waals surface area contributed by atoms with E-state index in [2.05, 4.69) is 59.3 Å². The predicted molar refractivity (Wildman–Crippen MR) is 91.3 cm³/mol. The fraction of sp³-hybridized carbons (Fsp3) is 0.250. The zero-order chi connectivity index (χ0) is 13.7. The van der Waals surface area contributed by atoms with Gasteiger partial charge >= 0.3 is 0 Å². The third kappa shape index (κ3) is 1.72. The van der Waals surface area contributed by atoms with Crippen molar-refractivity contribution in [1.82, 2.24) is 9.47 Å². The van der Waals surface area contributed by atoms with E-state index in [0.717, 1.165) is 13.1 Å². The van der Waals surface area contributed by atoms with E-state index in [0.29, 0.717) is 0 Å². The van der Waals surface area contributed by atoms with Crippen LogP contribution in [0.4, 0.5) is 0 Å². The molecule has 0 amide bonds. The topological polar surface area (TPSA) is 8.17 Å². The van der Waals surface area contributed by atoms with Crippen LogP contribution in [0.2, 0.25) is 0 Å². The Morgan fingerprint density at radius 1 is 1.10 bits per heavy atom. The van der Waals surface area contributed by atoms with Crippen LogP contribution in [-0.2, 0) is 6.54 Å². The highest BCUT2D eigenvalue weighted by Crippen LogP contribution is 2.42. The third-order valence-corrected chi connectivity index (χ3v) is 5.98. The summed E-state index contributed by atoms with van der Waals surface area (Å²) >= 11 is 3.79. The number of nitrogens with zero attached hydrogens (tertiary/aromatic N) is 2. The van der Waals surface area contributed by atoms with Gasteiger partial charge in [-0.1, -0.05) is 18.2 Å². The Morgan fingerprint density at radius 2 is 1.95 bits per heavy atom. The lowest BCUT2D eigenvalue weighted by molar-refractivity contribution is 0.389. The Balaban J connectivity index is 2.06. The largest absolute Gasteiger partial charge is 0.337 e. The standard InChI is InChI=1S/C16H16N2S2/c1-17(2)8-9-18-12-7-10-19-15(12)16-14(18)11-5-3-4-6-13(11)20-16/h3-7,10H,8-9H2,1-2H3. The van der Waals surface area contributed by atoms with Gasteiger partial charge in [0.1, 0.15) is 0 Å². The number of hydrogen-bond donors (Lipinski definition) is 0. The molecule has 0 radical (unpaired) electrons. The van der Waals surface area contributed by atoms with Crippen molar-refractivity contribution in [3.63, 3.8) is 0 Å². The highest BCUT2D eigenvalue weighted by molar-refractivity contribution is 7.30. The summed E-state index contributed by atoms with van der Waals surface area (Å²) in [6.07, 6.45) is 0. The second kappa shape index (κ2) is 4.58. The number of aromatic nitrogens is 1. The van der Waals surface area contributed by atoms with Gasteiger partial charge in [0.15, 0.2) is 0 Å². The van der Waals surface area contributed by atoms with Gasteiger partial charge in [-0.05, 0) is 31.6 Å². The molecule has 0 N–H and O–H groups in total. The average molecular weight is 300 g/mol. The maximum atomic E-state index is 2.50. The van der Waals surface area contributed by atoms with Crippen LogP contribution in [0, 0.1) is 0 Å². The van der Waals surface area contributed by atoms with E-state index < -0.39 is 0 Å². The van der Waals surface area contributed by atoms with Crippen molar-refractivity contribution in [2.75, 3.05) is 20.6 Å². The molecule has 20 heavy (non-hydrogen) atoms. The Labute approximate surface area is 125 Å². The van der Waals surface area contributed by atoms with Gasteiger partial charge in [0.2, 0.25) is 0 Å². The highest BCUT2D eigenvalue weighted by Gasteiger charge is 2.16. The molecule has 0 atom stereocenters. The molecule has 4 aromatic rings. The van der Waals surface area contributed by atoms with E-state index in [4.69, 9.17) is 0 Å². The summed E-state index contributed by atoms with van der Waals surface area (Å²) in [7, 11) is 4.27. The van der Waals surface area contributed by atoms with E-state index in [1.807, 2.05) is 22.7 Å². The van der Waals surface area contributed by atoms with E-state index in [9.17, 15) is 0 Å². The first-order chi connectivity index (χ1) is 9.75. The van der Waals surface area contributed by atoms with E-state index in [1.54, 1.807) is 0 Å². The van der Waals surface area contributed by atoms with Gasteiger partial charge in [-0.2, -0.15) is 0 Å². The minimum atomic E-state index is 1.05. The molecule has 102 valence electrons. The summed E-state index contributed by atoms with van der Waals surface area (Å²) in [5, 5.41) is 3.61. The normalized spacial score (nSPS) is 12.3. The summed E-state index contributed by atoms with van der Waals surface area (Å²) in [6.45, 7) is 2.11. The van der Waals surface area contributed by atoms with Crippen LogP contribution in [0.5, 0.6) is 0 Å². The zero-order valence-electron chi connectivity index (χ0n) is 11.6. The number of likely N-dealkylation sites (N-methyl/N-ethyl adjacent to an activating group) is 1. The van der Waals surface area contributed by atoms with E-state index in [1.165, 1.54) is 30.5 Å². The first kappa shape index (κ1) is 12.4. The number of fused-ring (bicyclic) bond motifs is 5. The lowest BCUT2D eigenvalue weighted by Gasteiger charge is -2.11. The molecule has 0 aliphatic rings. The van der Waals surface area contributed by atoms with Crippen LogP contribution < -0.4 is 0 Å². The van der Waals surface area contributed by atoms with Gasteiger partial charge in [0.25, 0.3) is 0 Å². The lowest BCUT2D eigenvalue weighted by atomic mass is 10.2. The van der Waals surface area contributed by atoms with Gasteiger partial charge in [-0.3, -0.25) is 0 Å². The molecule has 0 unspecified atom stereocenters. The van der Waals surface area contributed by atoms with Gasteiger partial charge in [0, 0.05) is 23.2 Å². The molecule has 3 aromatic heterocycles. The number of benzene rings is 1. The lowest BCUT2D eigenvalue weighted by Crippen LogP contribution is -2.18. The molecule has 1 aromatic carbocycles. The molecule has 0 aliphatic heterocycles. The monoisotopic (exact) mass is 300 g/mol. The zero-order valence-corrected chi connectivity index (χ0v) is 13.2. The molecule has 4 rings (SSSR count). The third-order valence-electron chi connectivity index (χ3n) is 3.75. The maximum Gasteiger partial charge on any atom is 0.0713 e. The summed E-state index contributed by atoms with van der Waals surface area (Å²) < 4.78 is 6.79. The van der Waals surface area contributed by atoms with Crippen molar-refractivity contribution in [2.45, 2.75) is 6.54 Å². The quantitative estimate of drug-likeness (QED) is 0.535. The molecular formula is C16H16N2S2. The Bertz CT molecular complexity index is 895. The number of rotatable bonds is 3. The molecule has 0 saturated carbocycles. The molecule has 0 bridgehead atoms. The Kier molecular flexibility index (Phi) is 2.84.